The summed E-state index contributed by atoms with van der Waals surface area (Å²) in [6.07, 6.45) is 2.46. The van der Waals surface area contributed by atoms with Crippen molar-refractivity contribution in [1.82, 2.24) is 4.90 Å². The van der Waals surface area contributed by atoms with E-state index >= 15 is 0 Å². The van der Waals surface area contributed by atoms with E-state index in [-0.39, 0.29) is 12.4 Å². The third-order valence-corrected chi connectivity index (χ3v) is 7.87. The molecule has 36 heavy (non-hydrogen) atoms. The number of fused-ring (bicyclic) bond motifs is 1. The lowest BCUT2D eigenvalue weighted by molar-refractivity contribution is 0.237. The fourth-order valence-electron chi connectivity index (χ4n) is 5.08. The van der Waals surface area contributed by atoms with Gasteiger partial charge in [-0.3, -0.25) is 0 Å². The number of benzene rings is 3. The Balaban J connectivity index is 1.49. The fraction of sp³-hybridized carbons (Fsp3) is 0.333. The van der Waals surface area contributed by atoms with E-state index in [0.717, 1.165) is 30.3 Å². The van der Waals surface area contributed by atoms with E-state index in [1.54, 1.807) is 17.8 Å². The molecule has 5 rings (SSSR count). The molecule has 2 heterocycles. The molecule has 0 unspecified atom stereocenters. The van der Waals surface area contributed by atoms with Gasteiger partial charge in [0.15, 0.2) is 23.3 Å². The Labute approximate surface area is 209 Å². The predicted molar refractivity (Wildman–Crippen MR) is 127 cm³/mol. The van der Waals surface area contributed by atoms with Crippen molar-refractivity contribution in [1.29, 1.82) is 0 Å². The number of likely N-dealkylation sites (tertiary alicyclic amines) is 1. The van der Waals surface area contributed by atoms with E-state index in [0.29, 0.717) is 16.9 Å². The SMILES string of the molecule is Oc1ccc2c(c1)OC[C@H](c1c(F)c(F)c(F)c(F)c1F)[C@@H]2c1ccc(SCCN2CCCC2)cc1. The predicted octanol–water partition coefficient (Wildman–Crippen LogP) is 6.58. The van der Waals surface area contributed by atoms with Crippen LogP contribution in [0.5, 0.6) is 11.5 Å². The van der Waals surface area contributed by atoms with Crippen LogP contribution in [0.1, 0.15) is 41.4 Å². The smallest absolute Gasteiger partial charge is 0.200 e. The van der Waals surface area contributed by atoms with Crippen LogP contribution in [0.4, 0.5) is 22.0 Å². The van der Waals surface area contributed by atoms with Crippen molar-refractivity contribution in [2.24, 2.45) is 0 Å². The second-order valence-electron chi connectivity index (χ2n) is 9.07. The molecule has 1 saturated heterocycles. The van der Waals surface area contributed by atoms with Gasteiger partial charge in [0.2, 0.25) is 5.82 Å². The molecule has 2 atom stereocenters. The lowest BCUT2D eigenvalue weighted by Gasteiger charge is -2.35. The summed E-state index contributed by atoms with van der Waals surface area (Å²) in [5.74, 6) is -10.7. The van der Waals surface area contributed by atoms with Crippen LogP contribution in [0.15, 0.2) is 47.4 Å². The molecule has 0 aromatic heterocycles. The van der Waals surface area contributed by atoms with Crippen molar-refractivity contribution in [3.8, 4) is 11.5 Å². The monoisotopic (exact) mass is 521 g/mol. The highest BCUT2D eigenvalue weighted by Crippen LogP contribution is 2.48. The van der Waals surface area contributed by atoms with Crippen molar-refractivity contribution >= 4 is 11.8 Å². The van der Waals surface area contributed by atoms with Crippen molar-refractivity contribution < 1.29 is 31.8 Å². The zero-order chi connectivity index (χ0) is 25.4. The van der Waals surface area contributed by atoms with Gasteiger partial charge in [-0.15, -0.1) is 11.8 Å². The summed E-state index contributed by atoms with van der Waals surface area (Å²) in [7, 11) is 0. The molecule has 1 fully saturated rings. The maximum Gasteiger partial charge on any atom is 0.200 e. The second-order valence-corrected chi connectivity index (χ2v) is 10.2. The summed E-state index contributed by atoms with van der Waals surface area (Å²) in [5.41, 5.74) is 0.227. The second kappa shape index (κ2) is 10.3. The quantitative estimate of drug-likeness (QED) is 0.172. The summed E-state index contributed by atoms with van der Waals surface area (Å²) in [5, 5.41) is 9.87. The fourth-order valence-corrected chi connectivity index (χ4v) is 5.99. The molecule has 0 aliphatic carbocycles. The van der Waals surface area contributed by atoms with E-state index in [4.69, 9.17) is 4.74 Å². The van der Waals surface area contributed by atoms with Crippen LogP contribution >= 0.6 is 11.8 Å². The van der Waals surface area contributed by atoms with Crippen molar-refractivity contribution in [2.75, 3.05) is 32.0 Å². The minimum Gasteiger partial charge on any atom is -0.508 e. The lowest BCUT2D eigenvalue weighted by atomic mass is 9.75. The Morgan fingerprint density at radius 1 is 0.861 bits per heavy atom. The number of nitrogens with zero attached hydrogens (tertiary/aromatic N) is 1. The third-order valence-electron chi connectivity index (χ3n) is 6.88. The molecule has 9 heteroatoms. The van der Waals surface area contributed by atoms with E-state index < -0.39 is 46.5 Å². The first-order valence-electron chi connectivity index (χ1n) is 11.8. The minimum absolute atomic E-state index is 0.0630. The molecule has 3 aromatic rings. The van der Waals surface area contributed by atoms with E-state index in [2.05, 4.69) is 4.90 Å². The highest BCUT2D eigenvalue weighted by atomic mass is 32.2. The molecular formula is C27H24F5NO2S. The van der Waals surface area contributed by atoms with Crippen molar-refractivity contribution in [3.63, 3.8) is 0 Å². The number of rotatable bonds is 6. The normalized spacial score (nSPS) is 19.8. The Kier molecular flexibility index (Phi) is 7.12. The summed E-state index contributed by atoms with van der Waals surface area (Å²) >= 11 is 1.70. The number of hydrogen-bond donors (Lipinski definition) is 1. The van der Waals surface area contributed by atoms with Gasteiger partial charge in [-0.1, -0.05) is 18.2 Å². The average molecular weight is 522 g/mol. The molecule has 0 radical (unpaired) electrons. The Morgan fingerprint density at radius 2 is 1.50 bits per heavy atom. The van der Waals surface area contributed by atoms with Crippen LogP contribution in [0.2, 0.25) is 0 Å². The number of halogens is 5. The summed E-state index contributed by atoms with van der Waals surface area (Å²) < 4.78 is 77.2. The molecule has 0 saturated carbocycles. The highest BCUT2D eigenvalue weighted by Gasteiger charge is 2.39. The maximum atomic E-state index is 14.8. The summed E-state index contributed by atoms with van der Waals surface area (Å²) in [6.45, 7) is 2.91. The Hall–Kier alpha value is -2.78. The van der Waals surface area contributed by atoms with Crippen molar-refractivity contribution in [3.05, 3.63) is 88.2 Å². The topological polar surface area (TPSA) is 32.7 Å². The molecule has 190 valence electrons. The van der Waals surface area contributed by atoms with Crippen LogP contribution in [-0.4, -0.2) is 42.0 Å². The molecular weight excluding hydrogens is 497 g/mol. The lowest BCUT2D eigenvalue weighted by Crippen LogP contribution is -2.28. The van der Waals surface area contributed by atoms with Gasteiger partial charge in [-0.2, -0.15) is 0 Å². The standard InChI is InChI=1S/C27H24F5NO2S/c28-23-22(24(29)26(31)27(32)25(23)30)19-14-35-20-13-16(34)5-8-18(20)21(19)15-3-6-17(7-4-15)36-12-11-33-9-1-2-10-33/h3-8,13,19,21,34H,1-2,9-12,14H2/t19-,21+/m0/s1. The van der Waals surface area contributed by atoms with Gasteiger partial charge in [0.05, 0.1) is 6.61 Å². The first-order chi connectivity index (χ1) is 17.3. The highest BCUT2D eigenvalue weighted by molar-refractivity contribution is 7.99. The van der Waals surface area contributed by atoms with E-state index in [1.807, 2.05) is 24.3 Å². The molecule has 1 N–H and O–H groups in total. The number of hydrogen-bond acceptors (Lipinski definition) is 4. The van der Waals surface area contributed by atoms with Crippen LogP contribution in [0.25, 0.3) is 0 Å². The van der Waals surface area contributed by atoms with Gasteiger partial charge in [-0.25, -0.2) is 22.0 Å². The molecule has 2 aliphatic heterocycles. The molecule has 0 spiro atoms. The minimum atomic E-state index is -2.19. The zero-order valence-corrected chi connectivity index (χ0v) is 20.1. The van der Waals surface area contributed by atoms with Crippen LogP contribution in [0, 0.1) is 29.1 Å². The van der Waals surface area contributed by atoms with Gasteiger partial charge >= 0.3 is 0 Å². The van der Waals surface area contributed by atoms with Gasteiger partial charge in [0, 0.05) is 46.2 Å². The maximum absolute atomic E-state index is 14.8. The summed E-state index contributed by atoms with van der Waals surface area (Å²) in [4.78, 5) is 3.44. The number of phenolic OH excluding ortho intramolecular Hbond substituents is 1. The van der Waals surface area contributed by atoms with Crippen LogP contribution in [0.3, 0.4) is 0 Å². The van der Waals surface area contributed by atoms with Crippen LogP contribution < -0.4 is 4.74 Å². The average Bonchev–Trinajstić information content (AvgIpc) is 3.40. The summed E-state index contributed by atoms with van der Waals surface area (Å²) in [6, 6.07) is 11.7. The molecule has 0 bridgehead atoms. The number of thioether (sulfide) groups is 1. The Morgan fingerprint density at radius 3 is 2.17 bits per heavy atom. The first-order valence-corrected chi connectivity index (χ1v) is 12.8. The third kappa shape index (κ3) is 4.66. The van der Waals surface area contributed by atoms with Gasteiger partial charge < -0.3 is 14.7 Å². The first kappa shape index (κ1) is 24.9. The Bertz CT molecular complexity index is 1240. The van der Waals surface area contributed by atoms with E-state index in [9.17, 15) is 27.1 Å². The van der Waals surface area contributed by atoms with Gasteiger partial charge in [0.1, 0.15) is 11.5 Å². The van der Waals surface area contributed by atoms with Crippen LogP contribution in [-0.2, 0) is 0 Å². The number of ether oxygens (including phenoxy) is 1. The molecule has 2 aliphatic rings. The molecule has 3 aromatic carbocycles. The number of aromatic hydroxyl groups is 1. The largest absolute Gasteiger partial charge is 0.508 e. The zero-order valence-electron chi connectivity index (χ0n) is 19.2. The van der Waals surface area contributed by atoms with E-state index in [1.165, 1.54) is 25.0 Å². The van der Waals surface area contributed by atoms with Crippen molar-refractivity contribution in [2.45, 2.75) is 29.6 Å². The number of phenols is 1. The van der Waals surface area contributed by atoms with Gasteiger partial charge in [0.25, 0.3) is 0 Å². The van der Waals surface area contributed by atoms with Gasteiger partial charge in [-0.05, 0) is 49.7 Å². The molecule has 3 nitrogen and oxygen atoms in total. The molecule has 0 amide bonds.